The van der Waals surface area contributed by atoms with Crippen LogP contribution in [0, 0.1) is 12.3 Å². The molecule has 1 rings (SSSR count). The molecule has 0 spiro atoms. The van der Waals surface area contributed by atoms with Crippen molar-refractivity contribution in [3.8, 4) is 12.3 Å². The molecule has 90 valence electrons. The van der Waals surface area contributed by atoms with Gasteiger partial charge < -0.3 is 4.74 Å². The van der Waals surface area contributed by atoms with E-state index in [4.69, 9.17) is 11.2 Å². The Labute approximate surface area is 102 Å². The van der Waals surface area contributed by atoms with Gasteiger partial charge in [-0.1, -0.05) is 5.92 Å². The molecule has 0 saturated heterocycles. The van der Waals surface area contributed by atoms with E-state index in [1.165, 1.54) is 6.20 Å². The molecule has 0 aliphatic rings. The van der Waals surface area contributed by atoms with Crippen LogP contribution in [0.2, 0.25) is 0 Å². The fraction of sp³-hybridized carbons (Fsp3) is 0.300. The maximum absolute atomic E-state index is 11.3. The Kier molecular flexibility index (Phi) is 5.10. The first kappa shape index (κ1) is 13.1. The Balaban J connectivity index is 2.68. The topological polar surface area (TPSA) is 84.1 Å². The first-order chi connectivity index (χ1) is 8.17. The quantitative estimate of drug-likeness (QED) is 0.608. The number of anilines is 1. The van der Waals surface area contributed by atoms with Gasteiger partial charge in [0, 0.05) is 5.75 Å². The van der Waals surface area contributed by atoms with Gasteiger partial charge in [-0.25, -0.2) is 14.6 Å². The van der Waals surface area contributed by atoms with Gasteiger partial charge in [0.2, 0.25) is 0 Å². The number of hydrogen-bond donors (Lipinski definition) is 2. The number of terminal acetylenes is 1. The van der Waals surface area contributed by atoms with Crippen LogP contribution in [-0.4, -0.2) is 34.7 Å². The van der Waals surface area contributed by atoms with E-state index in [2.05, 4.69) is 21.2 Å². The number of hydrogen-bond acceptors (Lipinski definition) is 5. The molecule has 17 heavy (non-hydrogen) atoms. The van der Waals surface area contributed by atoms with Crippen LogP contribution in [0.25, 0.3) is 0 Å². The zero-order valence-electron chi connectivity index (χ0n) is 9.15. The summed E-state index contributed by atoms with van der Waals surface area (Å²) in [6.07, 6.45) is 7.63. The molecular weight excluding hydrogens is 242 g/mol. The highest BCUT2D eigenvalue weighted by atomic mass is 32.2. The number of ether oxygens (including phenoxy) is 1. The highest BCUT2D eigenvalue weighted by molar-refractivity contribution is 7.98. The van der Waals surface area contributed by atoms with Crippen LogP contribution in [0.5, 0.6) is 0 Å². The van der Waals surface area contributed by atoms with E-state index in [0.29, 0.717) is 5.75 Å². The summed E-state index contributed by atoms with van der Waals surface area (Å²) in [6.45, 7) is 0.285. The zero-order chi connectivity index (χ0) is 12.7. The highest BCUT2D eigenvalue weighted by Gasteiger charge is 2.07. The summed E-state index contributed by atoms with van der Waals surface area (Å²) >= 11 is 1.55. The highest BCUT2D eigenvalue weighted by Crippen LogP contribution is 2.06. The van der Waals surface area contributed by atoms with Crippen molar-refractivity contribution in [2.75, 3.05) is 23.9 Å². The number of thioether (sulfide) groups is 1. The van der Waals surface area contributed by atoms with Crippen molar-refractivity contribution in [3.63, 3.8) is 0 Å². The number of H-pyrrole nitrogens is 1. The summed E-state index contributed by atoms with van der Waals surface area (Å²) in [5.41, 5.74) is -0.310. The first-order valence-corrected chi connectivity index (χ1v) is 6.05. The van der Waals surface area contributed by atoms with Crippen LogP contribution < -0.4 is 11.0 Å². The van der Waals surface area contributed by atoms with Gasteiger partial charge in [-0.05, 0) is 6.26 Å². The molecule has 0 aliphatic heterocycles. The molecule has 0 aromatic carbocycles. The Morgan fingerprint density at radius 3 is 3.18 bits per heavy atom. The maximum Gasteiger partial charge on any atom is 0.412 e. The lowest BCUT2D eigenvalue weighted by Crippen LogP contribution is -2.20. The van der Waals surface area contributed by atoms with E-state index in [-0.39, 0.29) is 18.0 Å². The molecule has 0 radical (unpaired) electrons. The number of rotatable bonds is 4. The van der Waals surface area contributed by atoms with Crippen LogP contribution >= 0.6 is 11.8 Å². The number of aromatic nitrogens is 2. The fourth-order valence-corrected chi connectivity index (χ4v) is 1.21. The van der Waals surface area contributed by atoms with Crippen molar-refractivity contribution in [1.29, 1.82) is 0 Å². The van der Waals surface area contributed by atoms with Crippen LogP contribution in [0.3, 0.4) is 0 Å². The molecule has 0 bridgehead atoms. The third-order valence-corrected chi connectivity index (χ3v) is 2.29. The van der Waals surface area contributed by atoms with Crippen molar-refractivity contribution in [1.82, 2.24) is 9.97 Å². The lowest BCUT2D eigenvalue weighted by atomic mass is 10.3. The molecule has 0 saturated carbocycles. The zero-order valence-corrected chi connectivity index (χ0v) is 9.97. The number of amides is 1. The molecule has 1 aromatic heterocycles. The second-order valence-corrected chi connectivity index (χ2v) is 3.86. The number of nitrogens with one attached hydrogen (secondary N) is 2. The van der Waals surface area contributed by atoms with Gasteiger partial charge in [-0.15, -0.1) is 6.42 Å². The summed E-state index contributed by atoms with van der Waals surface area (Å²) in [7, 11) is 0. The standard InChI is InChI=1S/C10H11N3O3S/c1-3-7-6-11-9(14)12-8(7)13-10(15)16-4-5-17-2/h1,6H,4-5H2,2H3,(H2,11,12,13,14,15). The third kappa shape index (κ3) is 4.20. The lowest BCUT2D eigenvalue weighted by Gasteiger charge is -2.07. The average Bonchev–Trinajstić information content (AvgIpc) is 2.29. The lowest BCUT2D eigenvalue weighted by molar-refractivity contribution is 0.169. The molecule has 1 heterocycles. The minimum absolute atomic E-state index is 0.113. The molecule has 1 aromatic rings. The van der Waals surface area contributed by atoms with Crippen molar-refractivity contribution in [2.45, 2.75) is 0 Å². The average molecular weight is 253 g/mol. The Hall–Kier alpha value is -1.94. The maximum atomic E-state index is 11.3. The molecule has 1 amide bonds. The van der Waals surface area contributed by atoms with Gasteiger partial charge in [0.1, 0.15) is 12.4 Å². The predicted molar refractivity (Wildman–Crippen MR) is 66.1 cm³/mol. The number of carbonyl (C=O) groups is 1. The Morgan fingerprint density at radius 2 is 2.53 bits per heavy atom. The normalized spacial score (nSPS) is 9.41. The molecule has 6 nitrogen and oxygen atoms in total. The number of carbonyl (C=O) groups excluding carboxylic acids is 1. The van der Waals surface area contributed by atoms with Crippen LogP contribution in [0.4, 0.5) is 10.6 Å². The van der Waals surface area contributed by atoms with Crippen molar-refractivity contribution < 1.29 is 9.53 Å². The van der Waals surface area contributed by atoms with Gasteiger partial charge in [-0.3, -0.25) is 10.3 Å². The molecule has 7 heteroatoms. The van der Waals surface area contributed by atoms with Crippen LogP contribution in [0.1, 0.15) is 5.56 Å². The van der Waals surface area contributed by atoms with Crippen molar-refractivity contribution in [3.05, 3.63) is 22.2 Å². The first-order valence-electron chi connectivity index (χ1n) is 4.66. The molecule has 0 unspecified atom stereocenters. The van der Waals surface area contributed by atoms with E-state index >= 15 is 0 Å². The van der Waals surface area contributed by atoms with E-state index in [0.717, 1.165) is 0 Å². The van der Waals surface area contributed by atoms with E-state index in [1.807, 2.05) is 6.26 Å². The molecule has 0 aliphatic carbocycles. The van der Waals surface area contributed by atoms with Gasteiger partial charge in [0.25, 0.3) is 0 Å². The van der Waals surface area contributed by atoms with Crippen molar-refractivity contribution in [2.24, 2.45) is 0 Å². The summed E-state index contributed by atoms with van der Waals surface area (Å²) < 4.78 is 4.84. The van der Waals surface area contributed by atoms with Gasteiger partial charge in [0.15, 0.2) is 0 Å². The number of aromatic amines is 1. The predicted octanol–water partition coefficient (Wildman–Crippen LogP) is 0.663. The molecule has 0 atom stereocenters. The number of nitrogens with zero attached hydrogens (tertiary/aromatic N) is 1. The summed E-state index contributed by atoms with van der Waals surface area (Å²) in [5.74, 6) is 3.10. The largest absolute Gasteiger partial charge is 0.448 e. The molecule has 2 N–H and O–H groups in total. The van der Waals surface area contributed by atoms with Crippen molar-refractivity contribution >= 4 is 23.7 Å². The summed E-state index contributed by atoms with van der Waals surface area (Å²) in [5, 5.41) is 2.35. The minimum Gasteiger partial charge on any atom is -0.448 e. The summed E-state index contributed by atoms with van der Waals surface area (Å²) in [6, 6.07) is 0. The van der Waals surface area contributed by atoms with Gasteiger partial charge in [-0.2, -0.15) is 11.8 Å². The Bertz CT molecular complexity index is 492. The van der Waals surface area contributed by atoms with E-state index < -0.39 is 11.8 Å². The summed E-state index contributed by atoms with van der Waals surface area (Å²) in [4.78, 5) is 28.0. The van der Waals surface area contributed by atoms with Crippen LogP contribution in [-0.2, 0) is 4.74 Å². The Morgan fingerprint density at radius 1 is 1.76 bits per heavy atom. The second kappa shape index (κ2) is 6.60. The molecular formula is C10H11N3O3S. The van der Waals surface area contributed by atoms with E-state index in [1.54, 1.807) is 11.8 Å². The smallest absolute Gasteiger partial charge is 0.412 e. The SMILES string of the molecule is C#Cc1cnc(=O)[nH]c1NC(=O)OCCSC. The second-order valence-electron chi connectivity index (χ2n) is 2.88. The van der Waals surface area contributed by atoms with E-state index in [9.17, 15) is 9.59 Å². The van der Waals surface area contributed by atoms with Gasteiger partial charge in [0.05, 0.1) is 11.8 Å². The van der Waals surface area contributed by atoms with Gasteiger partial charge >= 0.3 is 11.8 Å². The minimum atomic E-state index is -0.669. The fourth-order valence-electron chi connectivity index (χ4n) is 0.958. The third-order valence-electron chi connectivity index (χ3n) is 1.72. The molecule has 0 fully saturated rings. The van der Waals surface area contributed by atoms with Crippen LogP contribution in [0.15, 0.2) is 11.0 Å². The monoisotopic (exact) mass is 253 g/mol.